The van der Waals surface area contributed by atoms with Crippen molar-refractivity contribution in [3.63, 3.8) is 0 Å². The second-order valence-corrected chi connectivity index (χ2v) is 5.91. The lowest BCUT2D eigenvalue weighted by atomic mass is 10.3. The lowest BCUT2D eigenvalue weighted by Crippen LogP contribution is -2.20. The monoisotopic (exact) mass is 405 g/mol. The van der Waals surface area contributed by atoms with Crippen LogP contribution >= 0.6 is 23.2 Å². The highest BCUT2D eigenvalue weighted by molar-refractivity contribution is 6.42. The largest absolute Gasteiger partial charge is 0.449 e. The lowest BCUT2D eigenvalue weighted by molar-refractivity contribution is -0.142. The third kappa shape index (κ3) is 3.68. The van der Waals surface area contributed by atoms with E-state index >= 15 is 0 Å². The van der Waals surface area contributed by atoms with Crippen molar-refractivity contribution in [3.05, 3.63) is 56.1 Å². The summed E-state index contributed by atoms with van der Waals surface area (Å²) in [7, 11) is 0. The van der Waals surface area contributed by atoms with Gasteiger partial charge in [-0.2, -0.15) is 13.2 Å². The van der Waals surface area contributed by atoms with Gasteiger partial charge in [0.15, 0.2) is 11.5 Å². The SMILES string of the molecule is Cc1cc(-c2nc(C(F)(F)F)c(Oc3ccc(Cl)c(Cl)c3)c(=O)[nH]2)no1. The van der Waals surface area contributed by atoms with Crippen LogP contribution in [0.5, 0.6) is 11.5 Å². The molecule has 0 fully saturated rings. The van der Waals surface area contributed by atoms with Gasteiger partial charge in [0, 0.05) is 12.1 Å². The number of aromatic amines is 1. The van der Waals surface area contributed by atoms with Gasteiger partial charge in [-0.05, 0) is 19.1 Å². The van der Waals surface area contributed by atoms with Crippen molar-refractivity contribution in [2.24, 2.45) is 0 Å². The molecule has 0 atom stereocenters. The number of nitrogens with one attached hydrogen (secondary N) is 1. The average Bonchev–Trinajstić information content (AvgIpc) is 2.98. The Kier molecular flexibility index (Phi) is 4.68. The number of rotatable bonds is 3. The van der Waals surface area contributed by atoms with Crippen LogP contribution in [0.2, 0.25) is 10.0 Å². The molecule has 0 bridgehead atoms. The topological polar surface area (TPSA) is 81.0 Å². The maximum atomic E-state index is 13.4. The Morgan fingerprint density at radius 2 is 1.92 bits per heavy atom. The second kappa shape index (κ2) is 6.65. The number of H-pyrrole nitrogens is 1. The summed E-state index contributed by atoms with van der Waals surface area (Å²) in [6.45, 7) is 1.54. The first-order valence-electron chi connectivity index (χ1n) is 6.93. The molecule has 0 saturated carbocycles. The molecule has 0 aliphatic heterocycles. The maximum absolute atomic E-state index is 13.4. The summed E-state index contributed by atoms with van der Waals surface area (Å²) in [6.07, 6.45) is -4.95. The number of aryl methyl sites for hydroxylation is 1. The lowest BCUT2D eigenvalue weighted by Gasteiger charge is -2.13. The van der Waals surface area contributed by atoms with Gasteiger partial charge in [-0.3, -0.25) is 4.79 Å². The molecule has 3 rings (SSSR count). The average molecular weight is 406 g/mol. The van der Waals surface area contributed by atoms with E-state index in [-0.39, 0.29) is 21.5 Å². The fourth-order valence-corrected chi connectivity index (χ4v) is 2.29. The van der Waals surface area contributed by atoms with Crippen molar-refractivity contribution in [1.82, 2.24) is 15.1 Å². The van der Waals surface area contributed by atoms with Crippen LogP contribution < -0.4 is 10.3 Å². The van der Waals surface area contributed by atoms with Crippen molar-refractivity contribution in [1.29, 1.82) is 0 Å². The van der Waals surface area contributed by atoms with Gasteiger partial charge in [-0.15, -0.1) is 0 Å². The third-order valence-corrected chi connectivity index (χ3v) is 3.87. The van der Waals surface area contributed by atoms with Crippen LogP contribution in [0.3, 0.4) is 0 Å². The van der Waals surface area contributed by atoms with Gasteiger partial charge >= 0.3 is 6.18 Å². The molecule has 1 N–H and O–H groups in total. The molecule has 0 aliphatic rings. The van der Waals surface area contributed by atoms with Crippen LogP contribution in [0.1, 0.15) is 11.5 Å². The first-order valence-corrected chi connectivity index (χ1v) is 7.69. The highest BCUT2D eigenvalue weighted by Crippen LogP contribution is 2.36. The molecular formula is C15H8Cl2F3N3O3. The smallest absolute Gasteiger partial charge is 0.437 e. The number of ether oxygens (including phenoxy) is 1. The summed E-state index contributed by atoms with van der Waals surface area (Å²) in [6, 6.07) is 5.10. The first kappa shape index (κ1) is 18.3. The van der Waals surface area contributed by atoms with E-state index < -0.39 is 29.0 Å². The number of hydrogen-bond acceptors (Lipinski definition) is 5. The van der Waals surface area contributed by atoms with E-state index in [0.29, 0.717) is 5.76 Å². The Hall–Kier alpha value is -2.52. The zero-order chi connectivity index (χ0) is 19.1. The first-order chi connectivity index (χ1) is 12.1. The maximum Gasteiger partial charge on any atom is 0.437 e. The molecule has 6 nitrogen and oxygen atoms in total. The molecule has 11 heteroatoms. The van der Waals surface area contributed by atoms with E-state index in [9.17, 15) is 18.0 Å². The predicted molar refractivity (Wildman–Crippen MR) is 86.6 cm³/mol. The Labute approximate surface area is 153 Å². The van der Waals surface area contributed by atoms with Crippen LogP contribution in [0.4, 0.5) is 13.2 Å². The highest BCUT2D eigenvalue weighted by atomic mass is 35.5. The third-order valence-electron chi connectivity index (χ3n) is 3.13. The van der Waals surface area contributed by atoms with E-state index in [2.05, 4.69) is 15.1 Å². The summed E-state index contributed by atoms with van der Waals surface area (Å²) in [4.78, 5) is 17.8. The summed E-state index contributed by atoms with van der Waals surface area (Å²) in [5.41, 5.74) is -2.71. The van der Waals surface area contributed by atoms with Gasteiger partial charge < -0.3 is 14.2 Å². The molecule has 2 heterocycles. The molecule has 0 aliphatic carbocycles. The Morgan fingerprint density at radius 3 is 2.50 bits per heavy atom. The van der Waals surface area contributed by atoms with Crippen molar-refractivity contribution < 1.29 is 22.4 Å². The van der Waals surface area contributed by atoms with Gasteiger partial charge in [-0.25, -0.2) is 4.98 Å². The van der Waals surface area contributed by atoms with E-state index in [0.717, 1.165) is 0 Å². The number of halogens is 5. The van der Waals surface area contributed by atoms with E-state index in [1.165, 1.54) is 24.3 Å². The van der Waals surface area contributed by atoms with Crippen LogP contribution in [0.25, 0.3) is 11.5 Å². The van der Waals surface area contributed by atoms with E-state index in [4.69, 9.17) is 32.5 Å². The molecule has 0 spiro atoms. The number of nitrogens with zero attached hydrogens (tertiary/aromatic N) is 2. The molecule has 0 saturated heterocycles. The molecule has 26 heavy (non-hydrogen) atoms. The van der Waals surface area contributed by atoms with Gasteiger partial charge in [-0.1, -0.05) is 28.4 Å². The normalized spacial score (nSPS) is 11.6. The summed E-state index contributed by atoms with van der Waals surface area (Å²) in [5, 5.41) is 3.77. The van der Waals surface area contributed by atoms with Gasteiger partial charge in [0.05, 0.1) is 10.0 Å². The molecule has 136 valence electrons. The van der Waals surface area contributed by atoms with Crippen molar-refractivity contribution in [2.75, 3.05) is 0 Å². The minimum Gasteiger partial charge on any atom is -0.449 e. The standard InChI is InChI=1S/C15H8Cl2F3N3O3/c1-6-4-10(23-26-6)13-21-12(15(18,19)20)11(14(24)22-13)25-7-2-3-8(16)9(17)5-7/h2-5H,1H3,(H,21,22,24). The second-order valence-electron chi connectivity index (χ2n) is 5.09. The zero-order valence-electron chi connectivity index (χ0n) is 12.8. The zero-order valence-corrected chi connectivity index (χ0v) is 14.3. The molecule has 3 aromatic rings. The van der Waals surface area contributed by atoms with Crippen LogP contribution in [0, 0.1) is 6.92 Å². The molecule has 0 amide bonds. The van der Waals surface area contributed by atoms with Crippen LogP contribution in [-0.2, 0) is 6.18 Å². The van der Waals surface area contributed by atoms with Crippen molar-refractivity contribution in [2.45, 2.75) is 13.1 Å². The minimum atomic E-state index is -4.95. The summed E-state index contributed by atoms with van der Waals surface area (Å²) in [5.74, 6) is -1.20. The van der Waals surface area contributed by atoms with Crippen LogP contribution in [-0.4, -0.2) is 15.1 Å². The number of benzene rings is 1. The Morgan fingerprint density at radius 1 is 1.19 bits per heavy atom. The van der Waals surface area contributed by atoms with Crippen LogP contribution in [0.15, 0.2) is 33.6 Å². The minimum absolute atomic E-state index is 0.0498. The Balaban J connectivity index is 2.12. The van der Waals surface area contributed by atoms with Gasteiger partial charge in [0.1, 0.15) is 17.2 Å². The molecular weight excluding hydrogens is 398 g/mol. The Bertz CT molecular complexity index is 1030. The quantitative estimate of drug-likeness (QED) is 0.673. The number of aromatic nitrogens is 3. The molecule has 0 unspecified atom stereocenters. The van der Waals surface area contributed by atoms with Gasteiger partial charge in [0.2, 0.25) is 5.75 Å². The van der Waals surface area contributed by atoms with E-state index in [1.807, 2.05) is 0 Å². The molecule has 2 aromatic heterocycles. The molecule has 1 aromatic carbocycles. The highest BCUT2D eigenvalue weighted by Gasteiger charge is 2.39. The molecule has 0 radical (unpaired) electrons. The fourth-order valence-electron chi connectivity index (χ4n) is 2.01. The number of hydrogen-bond donors (Lipinski definition) is 1. The van der Waals surface area contributed by atoms with E-state index in [1.54, 1.807) is 6.92 Å². The summed E-state index contributed by atoms with van der Waals surface area (Å²) >= 11 is 11.5. The van der Waals surface area contributed by atoms with Crippen molar-refractivity contribution in [3.8, 4) is 23.0 Å². The van der Waals surface area contributed by atoms with Crippen molar-refractivity contribution >= 4 is 23.2 Å². The summed E-state index contributed by atoms with van der Waals surface area (Å²) < 4.78 is 50.0. The fraction of sp³-hybridized carbons (Fsp3) is 0.133. The number of alkyl halides is 3. The predicted octanol–water partition coefficient (Wildman–Crippen LogP) is 4.85. The van der Waals surface area contributed by atoms with Gasteiger partial charge in [0.25, 0.3) is 5.56 Å².